The largest absolute Gasteiger partial charge is 0.348 e. The second-order valence-electron chi connectivity index (χ2n) is 7.00. The summed E-state index contributed by atoms with van der Waals surface area (Å²) in [5, 5.41) is 3.25. The monoisotopic (exact) mass is 442 g/mol. The molecule has 0 radical (unpaired) electrons. The first-order valence-electron chi connectivity index (χ1n) is 8.85. The molecule has 0 aromatic heterocycles. The molecule has 0 bridgehead atoms. The quantitative estimate of drug-likeness (QED) is 0.645. The van der Waals surface area contributed by atoms with Crippen molar-refractivity contribution in [2.24, 2.45) is 5.92 Å². The molecule has 0 spiro atoms. The van der Waals surface area contributed by atoms with Crippen LogP contribution < -0.4 is 9.62 Å². The number of nitrogens with one attached hydrogen (secondary N) is 1. The smallest absolute Gasteiger partial charge is 0.241 e. The van der Waals surface area contributed by atoms with Crippen molar-refractivity contribution >= 4 is 44.8 Å². The minimum absolute atomic E-state index is 0.0872. The molecule has 2 rings (SSSR count). The Labute approximate surface area is 176 Å². The number of hydrogen-bond acceptors (Lipinski definition) is 3. The molecule has 8 heteroatoms. The maximum Gasteiger partial charge on any atom is 0.241 e. The van der Waals surface area contributed by atoms with E-state index >= 15 is 0 Å². The van der Waals surface area contributed by atoms with Crippen molar-refractivity contribution in [2.75, 3.05) is 17.1 Å². The van der Waals surface area contributed by atoms with Crippen molar-refractivity contribution < 1.29 is 13.2 Å². The molecule has 0 heterocycles. The van der Waals surface area contributed by atoms with Crippen LogP contribution in [0.3, 0.4) is 0 Å². The highest BCUT2D eigenvalue weighted by atomic mass is 35.5. The normalized spacial score (nSPS) is 12.6. The summed E-state index contributed by atoms with van der Waals surface area (Å²) in [7, 11) is -3.75. The fourth-order valence-electron chi connectivity index (χ4n) is 2.87. The van der Waals surface area contributed by atoms with Gasteiger partial charge in [-0.1, -0.05) is 73.4 Å². The van der Waals surface area contributed by atoms with Crippen LogP contribution in [0.15, 0.2) is 48.5 Å². The zero-order chi connectivity index (χ0) is 20.9. The van der Waals surface area contributed by atoms with Crippen LogP contribution in [0.25, 0.3) is 0 Å². The van der Waals surface area contributed by atoms with E-state index in [0.717, 1.165) is 22.5 Å². The summed E-state index contributed by atoms with van der Waals surface area (Å²) in [5.74, 6) is -0.0742. The van der Waals surface area contributed by atoms with E-state index in [1.165, 1.54) is 6.07 Å². The molecule has 0 saturated heterocycles. The Morgan fingerprint density at radius 3 is 2.29 bits per heavy atom. The number of anilines is 1. The van der Waals surface area contributed by atoms with E-state index in [4.69, 9.17) is 23.2 Å². The number of hydrogen-bond donors (Lipinski definition) is 1. The Bertz CT molecular complexity index is 918. The first kappa shape index (κ1) is 22.5. The number of benzene rings is 2. The number of halogens is 2. The molecule has 0 unspecified atom stereocenters. The summed E-state index contributed by atoms with van der Waals surface area (Å²) in [5.41, 5.74) is 1.14. The zero-order valence-electron chi connectivity index (χ0n) is 16.0. The lowest BCUT2D eigenvalue weighted by molar-refractivity contribution is -0.120. The number of amides is 1. The van der Waals surface area contributed by atoms with Crippen molar-refractivity contribution in [1.82, 2.24) is 5.32 Å². The maximum absolute atomic E-state index is 12.7. The average molecular weight is 443 g/mol. The van der Waals surface area contributed by atoms with Crippen molar-refractivity contribution in [1.29, 1.82) is 0 Å². The molecule has 0 aliphatic heterocycles. The number of sulfonamides is 1. The molecule has 152 valence electrons. The summed E-state index contributed by atoms with van der Waals surface area (Å²) < 4.78 is 25.6. The van der Waals surface area contributed by atoms with Gasteiger partial charge in [0.05, 0.1) is 28.0 Å². The molecule has 5 nitrogen and oxygen atoms in total. The minimum Gasteiger partial charge on any atom is -0.348 e. The van der Waals surface area contributed by atoms with Crippen LogP contribution in [0, 0.1) is 5.92 Å². The maximum atomic E-state index is 12.7. The predicted molar refractivity (Wildman–Crippen MR) is 115 cm³/mol. The third kappa shape index (κ3) is 6.12. The highest BCUT2D eigenvalue weighted by molar-refractivity contribution is 7.92. The number of carbonyl (C=O) groups is 1. The van der Waals surface area contributed by atoms with Gasteiger partial charge in [0, 0.05) is 0 Å². The first-order valence-corrected chi connectivity index (χ1v) is 11.5. The molecular weight excluding hydrogens is 419 g/mol. The highest BCUT2D eigenvalue weighted by Crippen LogP contribution is 2.33. The summed E-state index contributed by atoms with van der Waals surface area (Å²) in [4.78, 5) is 12.7. The molecular formula is C20H24Cl2N2O3S. The van der Waals surface area contributed by atoms with E-state index in [1.54, 1.807) is 12.1 Å². The second kappa shape index (κ2) is 9.63. The van der Waals surface area contributed by atoms with Crippen LogP contribution in [0.4, 0.5) is 5.69 Å². The van der Waals surface area contributed by atoms with Gasteiger partial charge in [-0.25, -0.2) is 8.42 Å². The van der Waals surface area contributed by atoms with Gasteiger partial charge in [0.25, 0.3) is 0 Å². The first-order chi connectivity index (χ1) is 13.1. The highest BCUT2D eigenvalue weighted by Gasteiger charge is 2.25. The lowest BCUT2D eigenvalue weighted by Gasteiger charge is -2.26. The molecule has 0 fully saturated rings. The van der Waals surface area contributed by atoms with Gasteiger partial charge < -0.3 is 5.32 Å². The Hall–Kier alpha value is -1.76. The molecule has 0 aliphatic carbocycles. The SMILES string of the molecule is CC(C)C[C@H](NC(=O)CN(c1cccc(Cl)c1Cl)S(C)(=O)=O)c1ccccc1. The van der Waals surface area contributed by atoms with Crippen molar-refractivity contribution in [3.63, 3.8) is 0 Å². The van der Waals surface area contributed by atoms with E-state index in [2.05, 4.69) is 19.2 Å². The molecule has 28 heavy (non-hydrogen) atoms. The Morgan fingerprint density at radius 1 is 1.07 bits per heavy atom. The third-order valence-electron chi connectivity index (χ3n) is 4.13. The van der Waals surface area contributed by atoms with Gasteiger partial charge in [-0.05, 0) is 30.0 Å². The summed E-state index contributed by atoms with van der Waals surface area (Å²) >= 11 is 12.2. The van der Waals surface area contributed by atoms with Gasteiger partial charge >= 0.3 is 0 Å². The van der Waals surface area contributed by atoms with Gasteiger partial charge in [0.15, 0.2) is 0 Å². The summed E-state index contributed by atoms with van der Waals surface area (Å²) in [6, 6.07) is 14.0. The van der Waals surface area contributed by atoms with Crippen LogP contribution in [-0.2, 0) is 14.8 Å². The molecule has 0 aliphatic rings. The molecule has 1 amide bonds. The van der Waals surface area contributed by atoms with E-state index < -0.39 is 15.9 Å². The van der Waals surface area contributed by atoms with Crippen LogP contribution >= 0.6 is 23.2 Å². The fourth-order valence-corrected chi connectivity index (χ4v) is 4.18. The van der Waals surface area contributed by atoms with E-state index in [1.807, 2.05) is 30.3 Å². The summed E-state index contributed by atoms with van der Waals surface area (Å²) in [6.45, 7) is 3.74. The van der Waals surface area contributed by atoms with Crippen LogP contribution in [0.1, 0.15) is 31.9 Å². The van der Waals surface area contributed by atoms with Gasteiger partial charge in [0.2, 0.25) is 15.9 Å². The van der Waals surface area contributed by atoms with Crippen molar-refractivity contribution in [2.45, 2.75) is 26.3 Å². The van der Waals surface area contributed by atoms with Gasteiger partial charge in [-0.15, -0.1) is 0 Å². The number of rotatable bonds is 8. The zero-order valence-corrected chi connectivity index (χ0v) is 18.4. The van der Waals surface area contributed by atoms with Gasteiger partial charge in [-0.3, -0.25) is 9.10 Å². The molecule has 2 aromatic rings. The Morgan fingerprint density at radius 2 is 1.71 bits per heavy atom. The Kier molecular flexibility index (Phi) is 7.75. The van der Waals surface area contributed by atoms with E-state index in [0.29, 0.717) is 5.92 Å². The van der Waals surface area contributed by atoms with E-state index in [9.17, 15) is 13.2 Å². The number of nitrogens with zero attached hydrogens (tertiary/aromatic N) is 1. The van der Waals surface area contributed by atoms with Crippen molar-refractivity contribution in [3.8, 4) is 0 Å². The van der Waals surface area contributed by atoms with E-state index in [-0.39, 0.29) is 28.3 Å². The minimum atomic E-state index is -3.75. The second-order valence-corrected chi connectivity index (χ2v) is 9.69. The van der Waals surface area contributed by atoms with Crippen molar-refractivity contribution in [3.05, 3.63) is 64.1 Å². The fraction of sp³-hybridized carbons (Fsp3) is 0.350. The molecule has 1 N–H and O–H groups in total. The predicted octanol–water partition coefficient (Wildman–Crippen LogP) is 4.66. The topological polar surface area (TPSA) is 66.5 Å². The van der Waals surface area contributed by atoms with Gasteiger partial charge in [0.1, 0.15) is 6.54 Å². The molecule has 2 aromatic carbocycles. The van der Waals surface area contributed by atoms with Crippen LogP contribution in [0.5, 0.6) is 0 Å². The lowest BCUT2D eigenvalue weighted by atomic mass is 9.97. The standard InChI is InChI=1S/C20H24Cl2N2O3S/c1-14(2)12-17(15-8-5-4-6-9-15)23-19(25)13-24(28(3,26)27)18-11-7-10-16(21)20(18)22/h4-11,14,17H,12-13H2,1-3H3,(H,23,25)/t17-/m0/s1. The van der Waals surface area contributed by atoms with Crippen LogP contribution in [-0.4, -0.2) is 27.1 Å². The Balaban J connectivity index is 2.26. The van der Waals surface area contributed by atoms with Crippen LogP contribution in [0.2, 0.25) is 10.0 Å². The molecule has 1 atom stereocenters. The average Bonchev–Trinajstić information content (AvgIpc) is 2.61. The third-order valence-corrected chi connectivity index (χ3v) is 6.07. The molecule has 0 saturated carbocycles. The lowest BCUT2D eigenvalue weighted by Crippen LogP contribution is -2.42. The number of carbonyl (C=O) groups excluding carboxylic acids is 1. The van der Waals surface area contributed by atoms with Gasteiger partial charge in [-0.2, -0.15) is 0 Å². The summed E-state index contributed by atoms with van der Waals surface area (Å²) in [6.07, 6.45) is 1.76.